The first-order valence-electron chi connectivity index (χ1n) is 29.5. The van der Waals surface area contributed by atoms with Crippen molar-refractivity contribution in [3.05, 3.63) is 214 Å². The molecule has 2 fully saturated rings. The molecule has 4 unspecified atom stereocenters. The van der Waals surface area contributed by atoms with E-state index in [1.165, 1.54) is 120 Å². The Hall–Kier alpha value is -7.18. The van der Waals surface area contributed by atoms with Gasteiger partial charge in [-0.2, -0.15) is 0 Å². The normalized spacial score (nSPS) is 19.2. The van der Waals surface area contributed by atoms with Gasteiger partial charge in [-0.05, 0) is 215 Å². The van der Waals surface area contributed by atoms with Crippen molar-refractivity contribution in [1.29, 1.82) is 0 Å². The van der Waals surface area contributed by atoms with Gasteiger partial charge >= 0.3 is 0 Å². The van der Waals surface area contributed by atoms with E-state index in [2.05, 4.69) is 255 Å². The summed E-state index contributed by atoms with van der Waals surface area (Å²) in [6.07, 6.45) is 13.4. The van der Waals surface area contributed by atoms with E-state index < -0.39 is 0 Å². The highest BCUT2D eigenvalue weighted by Crippen LogP contribution is 2.52. The summed E-state index contributed by atoms with van der Waals surface area (Å²) in [6.45, 7) is 27.8. The molecule has 6 aromatic rings. The Labute approximate surface area is 462 Å². The molecule has 0 spiro atoms. The Kier molecular flexibility index (Phi) is 16.9. The van der Waals surface area contributed by atoms with Gasteiger partial charge in [0.2, 0.25) is 11.4 Å². The van der Waals surface area contributed by atoms with Crippen molar-refractivity contribution in [2.45, 2.75) is 74.7 Å². The molecule has 2 saturated carbocycles. The van der Waals surface area contributed by atoms with Crippen molar-refractivity contribution in [3.8, 4) is 0 Å². The van der Waals surface area contributed by atoms with Gasteiger partial charge in [-0.1, -0.05) is 84.9 Å². The summed E-state index contributed by atoms with van der Waals surface area (Å²) in [6, 6.07) is 55.2. The summed E-state index contributed by atoms with van der Waals surface area (Å²) in [5.74, 6) is 2.76. The number of benzene rings is 6. The Balaban J connectivity index is 0.921. The van der Waals surface area contributed by atoms with Gasteiger partial charge in [0.15, 0.2) is 0 Å². The number of hydrogen-bond donors (Lipinski definition) is 2. The maximum atomic E-state index is 4.08. The van der Waals surface area contributed by atoms with Gasteiger partial charge in [0.05, 0.1) is 11.1 Å². The van der Waals surface area contributed by atoms with Crippen LogP contribution in [0.3, 0.4) is 0 Å². The zero-order valence-electron chi connectivity index (χ0n) is 47.5. The third kappa shape index (κ3) is 10.9. The standard InChI is InChI=1S/C71H82N6/c1-9-74(10-2)56-34-25-50(26-35-56)70(51-27-36-57(37-28-51)75(11-3)12-4)65-43-45-68(63-23-19-17-21-61(63)65)72-48-55-47-54-33-42-60(55)67(54)49-73-69-46-44-66(62-22-18-20-24-64(62)69)71(52-29-38-58(39-30-52)76(13-5)14-6)53-31-40-59(41-32-53)77(15-7)16-8/h17-32,34-41,43-46,54-55,60,67H,9-16,33,42,47-49H2,1-8H3/p+2. The largest absolute Gasteiger partial charge is 0.372 e. The zero-order chi connectivity index (χ0) is 53.4. The fraction of sp³-hybridized carbons (Fsp3) is 0.352. The fourth-order valence-corrected chi connectivity index (χ4v) is 13.7. The highest BCUT2D eigenvalue weighted by Gasteiger charge is 2.50. The molecule has 10 rings (SSSR count). The van der Waals surface area contributed by atoms with Crippen molar-refractivity contribution in [1.82, 2.24) is 0 Å². The third-order valence-electron chi connectivity index (χ3n) is 17.8. The van der Waals surface area contributed by atoms with E-state index in [1.807, 2.05) is 0 Å². The second-order valence-electron chi connectivity index (χ2n) is 21.5. The number of allylic oxidation sites excluding steroid dienone is 6. The van der Waals surface area contributed by atoms with Gasteiger partial charge in [0.1, 0.15) is 13.1 Å². The minimum Gasteiger partial charge on any atom is -0.372 e. The van der Waals surface area contributed by atoms with Crippen LogP contribution < -0.4 is 29.6 Å². The lowest BCUT2D eigenvalue weighted by Gasteiger charge is -2.24. The van der Waals surface area contributed by atoms with E-state index in [1.54, 1.807) is 0 Å². The summed E-state index contributed by atoms with van der Waals surface area (Å²) in [5.41, 5.74) is 22.7. The van der Waals surface area contributed by atoms with Crippen molar-refractivity contribution < 1.29 is 9.98 Å². The number of nitrogens with zero attached hydrogens (tertiary/aromatic N) is 4. The molecule has 2 N–H and O–H groups in total. The van der Waals surface area contributed by atoms with E-state index in [4.69, 9.17) is 0 Å². The van der Waals surface area contributed by atoms with Crippen molar-refractivity contribution in [3.63, 3.8) is 0 Å². The Morgan fingerprint density at radius 1 is 0.377 bits per heavy atom. The van der Waals surface area contributed by atoms with Crippen molar-refractivity contribution in [2.24, 2.45) is 23.7 Å². The van der Waals surface area contributed by atoms with Crippen LogP contribution in [-0.2, 0) is 0 Å². The molecule has 0 amide bonds. The lowest BCUT2D eigenvalue weighted by Crippen LogP contribution is -2.76. The Bertz CT molecular complexity index is 3040. The molecule has 396 valence electrons. The molecule has 0 saturated heterocycles. The lowest BCUT2D eigenvalue weighted by atomic mass is 9.83. The third-order valence-corrected chi connectivity index (χ3v) is 17.8. The smallest absolute Gasteiger partial charge is 0.206 e. The molecule has 4 aliphatic rings. The summed E-state index contributed by atoms with van der Waals surface area (Å²) < 4.78 is 0. The van der Waals surface area contributed by atoms with Crippen LogP contribution in [0, 0.1) is 23.7 Å². The average molecular weight is 1020 g/mol. The van der Waals surface area contributed by atoms with Crippen LogP contribution in [-0.4, -0.2) is 76.9 Å². The average Bonchev–Trinajstić information content (AvgIpc) is 4.04. The Morgan fingerprint density at radius 3 is 1.04 bits per heavy atom. The summed E-state index contributed by atoms with van der Waals surface area (Å²) in [5, 5.41) is 0. The van der Waals surface area contributed by atoms with Gasteiger partial charge in [-0.15, -0.1) is 0 Å². The van der Waals surface area contributed by atoms with Gasteiger partial charge in [0, 0.05) is 99.1 Å². The molecule has 0 radical (unpaired) electrons. The topological polar surface area (TPSA) is 40.9 Å². The van der Waals surface area contributed by atoms with Gasteiger partial charge in [-0.3, -0.25) is 0 Å². The molecular weight excluding hydrogens is 937 g/mol. The van der Waals surface area contributed by atoms with Crippen LogP contribution >= 0.6 is 0 Å². The number of hydrogen-bond acceptors (Lipinski definition) is 4. The number of fused-ring (bicyclic) bond motifs is 4. The van der Waals surface area contributed by atoms with Gasteiger partial charge in [-0.25, -0.2) is 9.98 Å². The van der Waals surface area contributed by atoms with E-state index in [0.717, 1.165) is 71.4 Å². The molecule has 4 atom stereocenters. The monoisotopic (exact) mass is 1020 g/mol. The summed E-state index contributed by atoms with van der Waals surface area (Å²) in [7, 11) is 0. The quantitative estimate of drug-likeness (QED) is 0.0800. The fourth-order valence-electron chi connectivity index (χ4n) is 13.7. The molecular formula is C71H84N6+2. The van der Waals surface area contributed by atoms with Crippen LogP contribution in [0.2, 0.25) is 0 Å². The molecule has 6 aromatic carbocycles. The zero-order valence-corrected chi connectivity index (χ0v) is 47.5. The maximum Gasteiger partial charge on any atom is 0.206 e. The molecule has 77 heavy (non-hydrogen) atoms. The number of rotatable bonds is 20. The SMILES string of the molecule is CCN(CC)c1ccc(C(=C2C=CC(=[NH+]CC3CC4CCC3C4C[NH+]=C3C=CC(=C(c4ccc(N(CC)CC)cc4)c4ccc(N(CC)CC)cc4)c4ccccc43)c3ccccc32)c2ccc(N(CC)CC)cc2)cc1. The van der Waals surface area contributed by atoms with Crippen molar-refractivity contribution >= 4 is 56.5 Å². The van der Waals surface area contributed by atoms with Gasteiger partial charge in [0.25, 0.3) is 0 Å². The summed E-state index contributed by atoms with van der Waals surface area (Å²) in [4.78, 5) is 17.8. The van der Waals surface area contributed by atoms with Crippen molar-refractivity contribution in [2.75, 3.05) is 85.0 Å². The second kappa shape index (κ2) is 24.4. The van der Waals surface area contributed by atoms with Crippen LogP contribution in [0.4, 0.5) is 22.7 Å². The highest BCUT2D eigenvalue weighted by atomic mass is 15.1. The predicted octanol–water partition coefficient (Wildman–Crippen LogP) is 12.2. The lowest BCUT2D eigenvalue weighted by molar-refractivity contribution is -0.472. The first-order valence-corrected chi connectivity index (χ1v) is 29.5. The maximum absolute atomic E-state index is 4.08. The molecule has 6 heteroatoms. The molecule has 0 heterocycles. The molecule has 4 aliphatic carbocycles. The van der Waals surface area contributed by atoms with E-state index in [0.29, 0.717) is 17.8 Å². The van der Waals surface area contributed by atoms with E-state index >= 15 is 0 Å². The number of anilines is 4. The second-order valence-corrected chi connectivity index (χ2v) is 21.5. The Morgan fingerprint density at radius 2 is 0.701 bits per heavy atom. The summed E-state index contributed by atoms with van der Waals surface area (Å²) >= 11 is 0. The molecule has 0 aliphatic heterocycles. The minimum absolute atomic E-state index is 0.646. The highest BCUT2D eigenvalue weighted by molar-refractivity contribution is 6.18. The van der Waals surface area contributed by atoms with Gasteiger partial charge < -0.3 is 19.6 Å². The van der Waals surface area contributed by atoms with Crippen LogP contribution in [0.1, 0.15) is 119 Å². The van der Waals surface area contributed by atoms with Crippen LogP contribution in [0.15, 0.2) is 170 Å². The first kappa shape index (κ1) is 53.2. The minimum atomic E-state index is 0.646. The molecule has 6 nitrogen and oxygen atoms in total. The van der Waals surface area contributed by atoms with E-state index in [-0.39, 0.29) is 0 Å². The first-order chi connectivity index (χ1) is 37.8. The predicted molar refractivity (Wildman–Crippen MR) is 331 cm³/mol. The van der Waals surface area contributed by atoms with E-state index in [9.17, 15) is 0 Å². The van der Waals surface area contributed by atoms with Crippen LogP contribution in [0.5, 0.6) is 0 Å². The molecule has 2 bridgehead atoms. The van der Waals surface area contributed by atoms with Crippen LogP contribution in [0.25, 0.3) is 22.3 Å². The number of nitrogens with one attached hydrogen (secondary N) is 2. The molecule has 0 aromatic heterocycles.